The first-order valence-corrected chi connectivity index (χ1v) is 6.47. The molecule has 1 aromatic rings. The molecule has 2 atom stereocenters. The summed E-state index contributed by atoms with van der Waals surface area (Å²) in [5, 5.41) is 12.9. The van der Waals surface area contributed by atoms with Crippen LogP contribution in [0.1, 0.15) is 37.2 Å². The highest BCUT2D eigenvalue weighted by Gasteiger charge is 2.41. The number of nitrogens with zero attached hydrogens (tertiary/aromatic N) is 1. The molecule has 1 aliphatic rings. The Morgan fingerprint density at radius 1 is 1.33 bits per heavy atom. The zero-order valence-electron chi connectivity index (χ0n) is 10.5. The van der Waals surface area contributed by atoms with E-state index in [0.29, 0.717) is 6.54 Å². The number of nitrogens with one attached hydrogen (secondary N) is 1. The van der Waals surface area contributed by atoms with E-state index in [1.165, 1.54) is 12.0 Å². The zero-order chi connectivity index (χ0) is 12.8. The van der Waals surface area contributed by atoms with Crippen molar-refractivity contribution in [3.8, 4) is 18.4 Å². The quantitative estimate of drug-likeness (QED) is 0.822. The number of hydrogen-bond acceptors (Lipinski definition) is 2. The largest absolute Gasteiger partial charge is 0.288 e. The highest BCUT2D eigenvalue weighted by Crippen LogP contribution is 2.40. The first-order chi connectivity index (χ1) is 8.82. The lowest BCUT2D eigenvalue weighted by molar-refractivity contribution is 0.264. The van der Waals surface area contributed by atoms with Crippen LogP contribution in [0.5, 0.6) is 0 Å². The van der Waals surface area contributed by atoms with Crippen LogP contribution in [-0.4, -0.2) is 12.1 Å². The van der Waals surface area contributed by atoms with Gasteiger partial charge in [0, 0.05) is 5.92 Å². The third kappa shape index (κ3) is 2.40. The average Bonchev–Trinajstić information content (AvgIpc) is 2.46. The van der Waals surface area contributed by atoms with Crippen LogP contribution in [0.25, 0.3) is 0 Å². The van der Waals surface area contributed by atoms with Crippen LogP contribution in [0.2, 0.25) is 0 Å². The maximum atomic E-state index is 9.62. The van der Waals surface area contributed by atoms with E-state index >= 15 is 0 Å². The summed E-state index contributed by atoms with van der Waals surface area (Å²) in [5.41, 5.74) is 0.745. The van der Waals surface area contributed by atoms with Gasteiger partial charge in [-0.2, -0.15) is 5.26 Å². The van der Waals surface area contributed by atoms with Crippen LogP contribution in [0, 0.1) is 23.7 Å². The second-order valence-electron chi connectivity index (χ2n) is 4.85. The van der Waals surface area contributed by atoms with Gasteiger partial charge in [-0.1, -0.05) is 49.1 Å². The summed E-state index contributed by atoms with van der Waals surface area (Å²) < 4.78 is 0. The fourth-order valence-electron chi connectivity index (χ4n) is 2.90. The second-order valence-corrected chi connectivity index (χ2v) is 4.85. The number of rotatable bonds is 3. The lowest BCUT2D eigenvalue weighted by Crippen LogP contribution is -2.50. The number of terminal acetylenes is 1. The Kier molecular flexibility index (Phi) is 4.03. The molecule has 18 heavy (non-hydrogen) atoms. The van der Waals surface area contributed by atoms with E-state index in [1.807, 2.05) is 18.2 Å². The molecular formula is C16H18N2. The van der Waals surface area contributed by atoms with Gasteiger partial charge in [0.25, 0.3) is 0 Å². The summed E-state index contributed by atoms with van der Waals surface area (Å²) in [6.07, 6.45) is 9.52. The minimum atomic E-state index is -0.494. The monoisotopic (exact) mass is 238 g/mol. The van der Waals surface area contributed by atoms with E-state index in [-0.39, 0.29) is 5.92 Å². The van der Waals surface area contributed by atoms with Crippen LogP contribution in [0.15, 0.2) is 30.3 Å². The SMILES string of the molecule is C#CCNC1(C#N)CCCCC1c1ccccc1. The van der Waals surface area contributed by atoms with Crippen molar-refractivity contribution in [2.75, 3.05) is 6.54 Å². The van der Waals surface area contributed by atoms with Gasteiger partial charge in [-0.05, 0) is 18.4 Å². The van der Waals surface area contributed by atoms with E-state index in [2.05, 4.69) is 29.4 Å². The van der Waals surface area contributed by atoms with E-state index in [9.17, 15) is 5.26 Å². The maximum Gasteiger partial charge on any atom is 0.114 e. The molecule has 0 bridgehead atoms. The van der Waals surface area contributed by atoms with Gasteiger partial charge in [-0.3, -0.25) is 5.32 Å². The smallest absolute Gasteiger partial charge is 0.114 e. The molecule has 0 aliphatic heterocycles. The summed E-state index contributed by atoms with van der Waals surface area (Å²) in [5.74, 6) is 2.83. The molecule has 1 fully saturated rings. The molecule has 0 saturated heterocycles. The molecule has 1 aliphatic carbocycles. The zero-order valence-corrected chi connectivity index (χ0v) is 10.5. The summed E-state index contributed by atoms with van der Waals surface area (Å²) >= 11 is 0. The van der Waals surface area contributed by atoms with Crippen LogP contribution >= 0.6 is 0 Å². The first-order valence-electron chi connectivity index (χ1n) is 6.47. The first kappa shape index (κ1) is 12.7. The van der Waals surface area contributed by atoms with Crippen molar-refractivity contribution in [1.82, 2.24) is 5.32 Å². The Bertz CT molecular complexity index is 466. The Labute approximate surface area is 109 Å². The molecule has 0 spiro atoms. The maximum absolute atomic E-state index is 9.62. The predicted octanol–water partition coefficient (Wildman–Crippen LogP) is 2.83. The molecule has 0 amide bonds. The highest BCUT2D eigenvalue weighted by molar-refractivity contribution is 5.30. The average molecular weight is 238 g/mol. The van der Waals surface area contributed by atoms with Crippen LogP contribution in [0.3, 0.4) is 0 Å². The van der Waals surface area contributed by atoms with E-state index < -0.39 is 5.54 Å². The molecule has 1 N–H and O–H groups in total. The molecule has 2 heteroatoms. The normalized spacial score (nSPS) is 27.1. The molecule has 0 radical (unpaired) electrons. The molecule has 1 saturated carbocycles. The topological polar surface area (TPSA) is 35.8 Å². The van der Waals surface area contributed by atoms with Crippen molar-refractivity contribution in [3.63, 3.8) is 0 Å². The summed E-state index contributed by atoms with van der Waals surface area (Å²) in [7, 11) is 0. The molecule has 0 heterocycles. The number of hydrogen-bond donors (Lipinski definition) is 1. The van der Waals surface area contributed by atoms with Crippen molar-refractivity contribution in [2.45, 2.75) is 37.1 Å². The van der Waals surface area contributed by atoms with Crippen molar-refractivity contribution >= 4 is 0 Å². The molecular weight excluding hydrogens is 220 g/mol. The predicted molar refractivity (Wildman–Crippen MR) is 72.8 cm³/mol. The number of benzene rings is 1. The molecule has 2 rings (SSSR count). The molecule has 2 nitrogen and oxygen atoms in total. The van der Waals surface area contributed by atoms with Gasteiger partial charge in [0.2, 0.25) is 0 Å². The van der Waals surface area contributed by atoms with Gasteiger partial charge in [0.15, 0.2) is 0 Å². The summed E-state index contributed by atoms with van der Waals surface area (Å²) in [6.45, 7) is 0.455. The third-order valence-corrected chi connectivity index (χ3v) is 3.82. The highest BCUT2D eigenvalue weighted by atomic mass is 15.0. The summed E-state index contributed by atoms with van der Waals surface area (Å²) in [6, 6.07) is 12.8. The Hall–Kier alpha value is -1.77. The molecule has 92 valence electrons. The van der Waals surface area contributed by atoms with Crippen molar-refractivity contribution in [2.24, 2.45) is 0 Å². The fourth-order valence-corrected chi connectivity index (χ4v) is 2.90. The molecule has 1 aromatic carbocycles. The molecule has 0 aromatic heterocycles. The minimum Gasteiger partial charge on any atom is -0.288 e. The van der Waals surface area contributed by atoms with E-state index in [0.717, 1.165) is 19.3 Å². The van der Waals surface area contributed by atoms with Gasteiger partial charge in [0.05, 0.1) is 12.6 Å². The fraction of sp³-hybridized carbons (Fsp3) is 0.438. The van der Waals surface area contributed by atoms with Crippen molar-refractivity contribution < 1.29 is 0 Å². The van der Waals surface area contributed by atoms with Crippen LogP contribution in [0.4, 0.5) is 0 Å². The summed E-state index contributed by atoms with van der Waals surface area (Å²) in [4.78, 5) is 0. The van der Waals surface area contributed by atoms with E-state index in [1.54, 1.807) is 0 Å². The van der Waals surface area contributed by atoms with Gasteiger partial charge in [0.1, 0.15) is 5.54 Å². The second kappa shape index (κ2) is 5.71. The third-order valence-electron chi connectivity index (χ3n) is 3.82. The van der Waals surface area contributed by atoms with Gasteiger partial charge in [-0.25, -0.2) is 0 Å². The van der Waals surface area contributed by atoms with Crippen molar-refractivity contribution in [3.05, 3.63) is 35.9 Å². The Morgan fingerprint density at radius 2 is 2.11 bits per heavy atom. The van der Waals surface area contributed by atoms with Gasteiger partial charge >= 0.3 is 0 Å². The van der Waals surface area contributed by atoms with E-state index in [4.69, 9.17) is 6.42 Å². The Balaban J connectivity index is 2.30. The number of nitriles is 1. The van der Waals surface area contributed by atoms with Gasteiger partial charge < -0.3 is 0 Å². The molecule has 2 unspecified atom stereocenters. The minimum absolute atomic E-state index is 0.241. The standard InChI is InChI=1S/C16H18N2/c1-2-12-18-16(13-17)11-7-6-10-15(16)14-8-4-3-5-9-14/h1,3-5,8-9,15,18H,6-7,10-12H2. The van der Waals surface area contributed by atoms with Crippen molar-refractivity contribution in [1.29, 1.82) is 5.26 Å². The Morgan fingerprint density at radius 3 is 2.78 bits per heavy atom. The van der Waals surface area contributed by atoms with Gasteiger partial charge in [-0.15, -0.1) is 6.42 Å². The van der Waals surface area contributed by atoms with Crippen LogP contribution < -0.4 is 5.32 Å². The van der Waals surface area contributed by atoms with Crippen LogP contribution in [-0.2, 0) is 0 Å². The lowest BCUT2D eigenvalue weighted by Gasteiger charge is -2.39. The lowest BCUT2D eigenvalue weighted by atomic mass is 9.70.